The number of carboxylic acid groups (broad SMARTS) is 1. The van der Waals surface area contributed by atoms with Crippen LogP contribution in [0.5, 0.6) is 11.5 Å². The minimum absolute atomic E-state index is 0.144. The molecule has 0 fully saturated rings. The van der Waals surface area contributed by atoms with Gasteiger partial charge in [0.1, 0.15) is 11.5 Å². The molecule has 0 aliphatic rings. The molecule has 144 valence electrons. The normalized spacial score (nSPS) is 11.5. The molecule has 6 heteroatoms. The number of nitrogens with one attached hydrogen (secondary N) is 1. The Balaban J connectivity index is 2.04. The molecule has 0 aliphatic heterocycles. The highest BCUT2D eigenvalue weighted by Gasteiger charge is 2.16. The fraction of sp³-hybridized carbons (Fsp3) is 0.333. The lowest BCUT2D eigenvalue weighted by Crippen LogP contribution is -2.35. The highest BCUT2D eigenvalue weighted by Crippen LogP contribution is 2.21. The summed E-state index contributed by atoms with van der Waals surface area (Å²) in [5.41, 5.74) is 1.50. The highest BCUT2D eigenvalue weighted by atomic mass is 16.5. The van der Waals surface area contributed by atoms with E-state index in [1.54, 1.807) is 55.6 Å². The first-order valence-electron chi connectivity index (χ1n) is 8.86. The summed E-state index contributed by atoms with van der Waals surface area (Å²) in [5, 5.41) is 13.9. The first-order chi connectivity index (χ1) is 13.0. The van der Waals surface area contributed by atoms with Gasteiger partial charge in [0.25, 0.3) is 0 Å². The zero-order chi connectivity index (χ0) is 19.6. The third kappa shape index (κ3) is 6.66. The van der Waals surface area contributed by atoms with Crippen molar-refractivity contribution in [3.8, 4) is 11.5 Å². The predicted octanol–water partition coefficient (Wildman–Crippen LogP) is 2.02. The Kier molecular flexibility index (Phi) is 7.67. The second kappa shape index (κ2) is 10.2. The average molecular weight is 370 g/mol. The van der Waals surface area contributed by atoms with Crippen LogP contribution in [0.1, 0.15) is 36.9 Å². The fourth-order valence-corrected chi connectivity index (χ4v) is 2.61. The number of aliphatic carboxylic acids is 1. The monoisotopic (exact) mass is 370 g/mol. The van der Waals surface area contributed by atoms with Crippen LogP contribution >= 0.6 is 0 Å². The molecule has 0 saturated heterocycles. The van der Waals surface area contributed by atoms with Crippen molar-refractivity contribution in [3.05, 3.63) is 59.7 Å². The van der Waals surface area contributed by atoms with Crippen molar-refractivity contribution < 1.29 is 24.2 Å². The summed E-state index contributed by atoms with van der Waals surface area (Å²) < 4.78 is 10.6. The molecule has 0 radical (unpaired) electrons. The smallest absolute Gasteiger partial charge is 0.224 e. The van der Waals surface area contributed by atoms with Crippen LogP contribution in [0.15, 0.2) is 48.5 Å². The minimum Gasteiger partial charge on any atom is -0.550 e. The molecule has 2 rings (SSSR count). The van der Waals surface area contributed by atoms with Gasteiger partial charge in [-0.1, -0.05) is 31.2 Å². The van der Waals surface area contributed by atoms with Crippen LogP contribution < -0.4 is 19.9 Å². The van der Waals surface area contributed by atoms with Crippen molar-refractivity contribution in [2.75, 3.05) is 13.7 Å². The Labute approximate surface area is 159 Å². The van der Waals surface area contributed by atoms with E-state index in [4.69, 9.17) is 9.47 Å². The molecule has 2 aromatic carbocycles. The van der Waals surface area contributed by atoms with Gasteiger partial charge >= 0.3 is 0 Å². The van der Waals surface area contributed by atoms with Gasteiger partial charge in [0.2, 0.25) is 5.91 Å². The van der Waals surface area contributed by atoms with Gasteiger partial charge < -0.3 is 24.7 Å². The van der Waals surface area contributed by atoms with E-state index in [1.807, 2.05) is 6.92 Å². The topological polar surface area (TPSA) is 87.7 Å². The Bertz CT molecular complexity index is 740. The van der Waals surface area contributed by atoms with Gasteiger partial charge in [0, 0.05) is 12.4 Å². The number of carboxylic acids is 1. The number of rotatable bonds is 10. The van der Waals surface area contributed by atoms with E-state index in [0.29, 0.717) is 23.7 Å². The van der Waals surface area contributed by atoms with Crippen LogP contribution in [0.25, 0.3) is 0 Å². The van der Waals surface area contributed by atoms with Crippen molar-refractivity contribution in [2.45, 2.75) is 32.2 Å². The number of amides is 1. The third-order valence-corrected chi connectivity index (χ3v) is 3.99. The summed E-state index contributed by atoms with van der Waals surface area (Å²) in [7, 11) is 1.57. The second-order valence-corrected chi connectivity index (χ2v) is 6.14. The number of carbonyl (C=O) groups excluding carboxylic acids is 2. The van der Waals surface area contributed by atoms with Gasteiger partial charge in [-0.15, -0.1) is 0 Å². The SMILES string of the molecule is CCCOc1ccc([C@@H](CC(=O)[O-])NC(=O)Cc2ccc(OC)cc2)cc1. The zero-order valence-electron chi connectivity index (χ0n) is 15.6. The van der Waals surface area contributed by atoms with Crippen molar-refractivity contribution in [2.24, 2.45) is 0 Å². The van der Waals surface area contributed by atoms with Gasteiger partial charge in [-0.25, -0.2) is 0 Å². The lowest BCUT2D eigenvalue weighted by atomic mass is 10.0. The number of benzene rings is 2. The molecule has 0 heterocycles. The van der Waals surface area contributed by atoms with Gasteiger partial charge in [-0.2, -0.15) is 0 Å². The van der Waals surface area contributed by atoms with Crippen LogP contribution in [-0.2, 0) is 16.0 Å². The maximum atomic E-state index is 12.4. The molecule has 1 atom stereocenters. The van der Waals surface area contributed by atoms with E-state index in [9.17, 15) is 14.7 Å². The quantitative estimate of drug-likeness (QED) is 0.691. The van der Waals surface area contributed by atoms with E-state index in [0.717, 1.165) is 12.0 Å². The van der Waals surface area contributed by atoms with E-state index in [-0.39, 0.29) is 18.7 Å². The molecule has 6 nitrogen and oxygen atoms in total. The van der Waals surface area contributed by atoms with Crippen LogP contribution in [-0.4, -0.2) is 25.6 Å². The minimum atomic E-state index is -1.23. The van der Waals surface area contributed by atoms with Crippen molar-refractivity contribution in [1.82, 2.24) is 5.32 Å². The summed E-state index contributed by atoms with van der Waals surface area (Å²) in [6.07, 6.45) is 0.741. The Morgan fingerprint density at radius 1 is 1.04 bits per heavy atom. The molecule has 1 amide bonds. The first kappa shape index (κ1) is 20.3. The Morgan fingerprint density at radius 2 is 1.67 bits per heavy atom. The van der Waals surface area contributed by atoms with Crippen LogP contribution in [0, 0.1) is 0 Å². The van der Waals surface area contributed by atoms with E-state index in [1.165, 1.54) is 0 Å². The Hall–Kier alpha value is -3.02. The van der Waals surface area contributed by atoms with E-state index in [2.05, 4.69) is 5.32 Å². The molecule has 1 N–H and O–H groups in total. The molecule has 0 bridgehead atoms. The van der Waals surface area contributed by atoms with Gasteiger partial charge in [-0.3, -0.25) is 4.79 Å². The molecule has 2 aromatic rings. The average Bonchev–Trinajstić information content (AvgIpc) is 2.66. The van der Waals surface area contributed by atoms with E-state index >= 15 is 0 Å². The number of ether oxygens (including phenoxy) is 2. The molecule has 0 spiro atoms. The van der Waals surface area contributed by atoms with Gasteiger partial charge in [0.05, 0.1) is 26.2 Å². The molecule has 0 saturated carbocycles. The Morgan fingerprint density at radius 3 is 2.22 bits per heavy atom. The summed E-state index contributed by atoms with van der Waals surface area (Å²) >= 11 is 0. The maximum Gasteiger partial charge on any atom is 0.224 e. The van der Waals surface area contributed by atoms with Crippen LogP contribution in [0.2, 0.25) is 0 Å². The maximum absolute atomic E-state index is 12.4. The number of hydrogen-bond acceptors (Lipinski definition) is 5. The number of methoxy groups -OCH3 is 1. The van der Waals surface area contributed by atoms with Crippen molar-refractivity contribution in [1.29, 1.82) is 0 Å². The summed E-state index contributed by atoms with van der Waals surface area (Å²) in [6, 6.07) is 13.5. The van der Waals surface area contributed by atoms with Crippen LogP contribution in [0.3, 0.4) is 0 Å². The van der Waals surface area contributed by atoms with Crippen molar-refractivity contribution >= 4 is 11.9 Å². The predicted molar refractivity (Wildman–Crippen MR) is 99.4 cm³/mol. The number of hydrogen-bond donors (Lipinski definition) is 1. The molecule has 0 unspecified atom stereocenters. The van der Waals surface area contributed by atoms with Gasteiger partial charge in [-0.05, 0) is 41.8 Å². The highest BCUT2D eigenvalue weighted by molar-refractivity contribution is 5.79. The third-order valence-electron chi connectivity index (χ3n) is 3.99. The fourth-order valence-electron chi connectivity index (χ4n) is 2.61. The molecule has 0 aliphatic carbocycles. The summed E-state index contributed by atoms with van der Waals surface area (Å²) in [6.45, 7) is 2.63. The zero-order valence-corrected chi connectivity index (χ0v) is 15.6. The molecule has 27 heavy (non-hydrogen) atoms. The second-order valence-electron chi connectivity index (χ2n) is 6.14. The summed E-state index contributed by atoms with van der Waals surface area (Å²) in [5.74, 6) is -0.0782. The lowest BCUT2D eigenvalue weighted by molar-refractivity contribution is -0.306. The molecular weight excluding hydrogens is 346 g/mol. The first-order valence-corrected chi connectivity index (χ1v) is 8.86. The standard InChI is InChI=1S/C21H25NO5/c1-3-12-27-18-10-6-16(7-11-18)19(14-21(24)25)22-20(23)13-15-4-8-17(26-2)9-5-15/h4-11,19H,3,12-14H2,1-2H3,(H,22,23)(H,24,25)/p-1/t19-/m1/s1. The largest absolute Gasteiger partial charge is 0.550 e. The number of carbonyl (C=O) groups is 2. The van der Waals surface area contributed by atoms with Gasteiger partial charge in [0.15, 0.2) is 0 Å². The van der Waals surface area contributed by atoms with E-state index < -0.39 is 12.0 Å². The lowest BCUT2D eigenvalue weighted by Gasteiger charge is -2.20. The molecular formula is C21H24NO5-. The van der Waals surface area contributed by atoms with Crippen LogP contribution in [0.4, 0.5) is 0 Å². The molecule has 0 aromatic heterocycles. The van der Waals surface area contributed by atoms with Crippen molar-refractivity contribution in [3.63, 3.8) is 0 Å². The summed E-state index contributed by atoms with van der Waals surface area (Å²) in [4.78, 5) is 23.5.